The van der Waals surface area contributed by atoms with Crippen LogP contribution in [0.4, 0.5) is 0 Å². The van der Waals surface area contributed by atoms with E-state index in [9.17, 15) is 9.90 Å². The van der Waals surface area contributed by atoms with Gasteiger partial charge in [0.1, 0.15) is 23.9 Å². The van der Waals surface area contributed by atoms with Crippen molar-refractivity contribution < 1.29 is 19.4 Å². The Kier molecular flexibility index (Phi) is 4.04. The third-order valence-corrected chi connectivity index (χ3v) is 4.67. The SMILES string of the molecule is C=CC(C)C12COC(C(CNC(=O)c3ccccc3)O1)C2O. The first kappa shape index (κ1) is 15.2. The van der Waals surface area contributed by atoms with E-state index in [1.807, 2.05) is 25.1 Å². The number of ether oxygens (including phenoxy) is 2. The van der Waals surface area contributed by atoms with Crippen molar-refractivity contribution in [1.29, 1.82) is 0 Å². The molecule has 0 aliphatic carbocycles. The summed E-state index contributed by atoms with van der Waals surface area (Å²) in [5.41, 5.74) is -0.143. The Hall–Kier alpha value is -1.69. The van der Waals surface area contributed by atoms with Gasteiger partial charge in [-0.05, 0) is 12.1 Å². The van der Waals surface area contributed by atoms with Crippen LogP contribution in [-0.2, 0) is 9.47 Å². The van der Waals surface area contributed by atoms with E-state index in [-0.39, 0.29) is 17.9 Å². The standard InChI is InChI=1S/C17H21NO4/c1-3-11(2)17-10-21-14(15(17)19)13(22-17)9-18-16(20)12-7-5-4-6-8-12/h3-8,11,13-15,19H,1,9-10H2,2H3,(H,18,20). The molecule has 1 aromatic carbocycles. The first-order chi connectivity index (χ1) is 10.6. The van der Waals surface area contributed by atoms with E-state index in [2.05, 4.69) is 11.9 Å². The second kappa shape index (κ2) is 5.83. The number of hydrogen-bond donors (Lipinski definition) is 2. The van der Waals surface area contributed by atoms with Gasteiger partial charge in [0.15, 0.2) is 0 Å². The molecule has 2 saturated heterocycles. The topological polar surface area (TPSA) is 67.8 Å². The van der Waals surface area contributed by atoms with Gasteiger partial charge in [-0.15, -0.1) is 6.58 Å². The molecular weight excluding hydrogens is 282 g/mol. The van der Waals surface area contributed by atoms with Crippen LogP contribution < -0.4 is 5.32 Å². The van der Waals surface area contributed by atoms with Crippen LogP contribution in [0.15, 0.2) is 43.0 Å². The summed E-state index contributed by atoms with van der Waals surface area (Å²) in [5, 5.41) is 13.3. The Morgan fingerprint density at radius 3 is 2.95 bits per heavy atom. The number of amides is 1. The maximum atomic E-state index is 12.1. The number of aliphatic hydroxyl groups excluding tert-OH is 1. The third-order valence-electron chi connectivity index (χ3n) is 4.67. The molecule has 2 heterocycles. The highest BCUT2D eigenvalue weighted by Gasteiger charge is 2.62. The zero-order valence-corrected chi connectivity index (χ0v) is 12.6. The highest BCUT2D eigenvalue weighted by Crippen LogP contribution is 2.44. The van der Waals surface area contributed by atoms with Crippen LogP contribution in [0, 0.1) is 5.92 Å². The summed E-state index contributed by atoms with van der Waals surface area (Å²) in [5.74, 6) is -0.186. The molecule has 22 heavy (non-hydrogen) atoms. The first-order valence-corrected chi connectivity index (χ1v) is 7.52. The molecule has 118 valence electrons. The number of carbonyl (C=O) groups excluding carboxylic acids is 1. The van der Waals surface area contributed by atoms with Crippen LogP contribution >= 0.6 is 0 Å². The number of nitrogens with one attached hydrogen (secondary N) is 1. The van der Waals surface area contributed by atoms with Gasteiger partial charge in [0.25, 0.3) is 5.91 Å². The van der Waals surface area contributed by atoms with Crippen LogP contribution in [0.3, 0.4) is 0 Å². The fraction of sp³-hybridized carbons (Fsp3) is 0.471. The number of hydrogen-bond acceptors (Lipinski definition) is 4. The van der Waals surface area contributed by atoms with Gasteiger partial charge in [-0.1, -0.05) is 31.2 Å². The van der Waals surface area contributed by atoms with Gasteiger partial charge in [-0.25, -0.2) is 0 Å². The lowest BCUT2D eigenvalue weighted by atomic mass is 9.86. The van der Waals surface area contributed by atoms with Crippen molar-refractivity contribution in [3.05, 3.63) is 48.6 Å². The monoisotopic (exact) mass is 303 g/mol. The van der Waals surface area contributed by atoms with Crippen LogP contribution in [0.5, 0.6) is 0 Å². The van der Waals surface area contributed by atoms with Gasteiger partial charge >= 0.3 is 0 Å². The van der Waals surface area contributed by atoms with Crippen molar-refractivity contribution in [2.45, 2.75) is 30.8 Å². The molecule has 0 spiro atoms. The second-order valence-corrected chi connectivity index (χ2v) is 5.93. The Labute approximate surface area is 129 Å². The van der Waals surface area contributed by atoms with Crippen LogP contribution in [0.25, 0.3) is 0 Å². The van der Waals surface area contributed by atoms with Gasteiger partial charge in [0.2, 0.25) is 0 Å². The average molecular weight is 303 g/mol. The van der Waals surface area contributed by atoms with Crippen molar-refractivity contribution in [3.63, 3.8) is 0 Å². The van der Waals surface area contributed by atoms with E-state index >= 15 is 0 Å². The molecule has 1 amide bonds. The molecule has 0 saturated carbocycles. The lowest BCUT2D eigenvalue weighted by molar-refractivity contribution is -0.156. The number of benzene rings is 1. The third kappa shape index (κ3) is 2.35. The lowest BCUT2D eigenvalue weighted by Gasteiger charge is -2.34. The highest BCUT2D eigenvalue weighted by molar-refractivity contribution is 5.94. The van der Waals surface area contributed by atoms with Gasteiger partial charge in [0, 0.05) is 18.0 Å². The predicted molar refractivity (Wildman–Crippen MR) is 81.5 cm³/mol. The smallest absolute Gasteiger partial charge is 0.251 e. The predicted octanol–water partition coefficient (Wildman–Crippen LogP) is 1.14. The molecule has 0 radical (unpaired) electrons. The van der Waals surface area contributed by atoms with Crippen LogP contribution in [0.1, 0.15) is 17.3 Å². The van der Waals surface area contributed by atoms with Crippen molar-refractivity contribution in [3.8, 4) is 0 Å². The molecule has 2 aliphatic rings. The highest BCUT2D eigenvalue weighted by atomic mass is 16.6. The van der Waals surface area contributed by atoms with E-state index in [1.54, 1.807) is 18.2 Å². The normalized spacial score (nSPS) is 34.4. The van der Waals surface area contributed by atoms with Gasteiger partial charge in [-0.2, -0.15) is 0 Å². The van der Waals surface area contributed by atoms with Gasteiger partial charge in [0.05, 0.1) is 6.61 Å². The summed E-state index contributed by atoms with van der Waals surface area (Å²) in [4.78, 5) is 12.1. The molecule has 5 unspecified atom stereocenters. The largest absolute Gasteiger partial charge is 0.387 e. The molecule has 2 fully saturated rings. The van der Waals surface area contributed by atoms with E-state index in [0.717, 1.165) is 0 Å². The van der Waals surface area contributed by atoms with Crippen molar-refractivity contribution in [2.75, 3.05) is 13.2 Å². The van der Waals surface area contributed by atoms with Crippen molar-refractivity contribution in [1.82, 2.24) is 5.32 Å². The molecule has 5 heteroatoms. The van der Waals surface area contributed by atoms with Crippen LogP contribution in [-0.4, -0.2) is 48.1 Å². The molecule has 3 rings (SSSR count). The summed E-state index contributed by atoms with van der Waals surface area (Å²) in [6.45, 7) is 6.39. The van der Waals surface area contributed by atoms with Crippen molar-refractivity contribution in [2.24, 2.45) is 5.92 Å². The number of aliphatic hydroxyl groups is 1. The first-order valence-electron chi connectivity index (χ1n) is 7.52. The zero-order valence-electron chi connectivity index (χ0n) is 12.6. The summed E-state index contributed by atoms with van der Waals surface area (Å²) in [7, 11) is 0. The minimum atomic E-state index is -0.742. The summed E-state index contributed by atoms with van der Waals surface area (Å²) in [6.07, 6.45) is 0.316. The Morgan fingerprint density at radius 1 is 1.55 bits per heavy atom. The molecule has 2 N–H and O–H groups in total. The minimum Gasteiger partial charge on any atom is -0.387 e. The van der Waals surface area contributed by atoms with Crippen molar-refractivity contribution >= 4 is 5.91 Å². The lowest BCUT2D eigenvalue weighted by Crippen LogP contribution is -2.47. The molecule has 5 nitrogen and oxygen atoms in total. The Bertz CT molecular complexity index is 561. The fourth-order valence-electron chi connectivity index (χ4n) is 3.19. The number of rotatable bonds is 5. The molecule has 2 bridgehead atoms. The second-order valence-electron chi connectivity index (χ2n) is 5.93. The quantitative estimate of drug-likeness (QED) is 0.800. The van der Waals surface area contributed by atoms with E-state index in [1.165, 1.54) is 0 Å². The number of fused-ring (bicyclic) bond motifs is 2. The van der Waals surface area contributed by atoms with E-state index in [4.69, 9.17) is 9.47 Å². The summed E-state index contributed by atoms with van der Waals surface area (Å²) in [6, 6.07) is 9.00. The van der Waals surface area contributed by atoms with E-state index in [0.29, 0.717) is 18.7 Å². The number of carbonyl (C=O) groups is 1. The maximum absolute atomic E-state index is 12.1. The van der Waals surface area contributed by atoms with Gasteiger partial charge in [-0.3, -0.25) is 4.79 Å². The minimum absolute atomic E-state index is 0.0256. The molecule has 1 aromatic rings. The molecular formula is C17H21NO4. The van der Waals surface area contributed by atoms with Gasteiger partial charge < -0.3 is 19.9 Å². The zero-order chi connectivity index (χ0) is 15.7. The Morgan fingerprint density at radius 2 is 2.27 bits per heavy atom. The molecule has 2 aliphatic heterocycles. The molecule has 0 aromatic heterocycles. The summed E-state index contributed by atoms with van der Waals surface area (Å²) >= 11 is 0. The maximum Gasteiger partial charge on any atom is 0.251 e. The van der Waals surface area contributed by atoms with E-state index < -0.39 is 17.8 Å². The summed E-state index contributed by atoms with van der Waals surface area (Å²) < 4.78 is 11.7. The average Bonchev–Trinajstić information content (AvgIpc) is 3.03. The van der Waals surface area contributed by atoms with Crippen LogP contribution in [0.2, 0.25) is 0 Å². The fourth-order valence-corrected chi connectivity index (χ4v) is 3.19. The Balaban J connectivity index is 1.63. The molecule has 5 atom stereocenters.